The minimum Gasteiger partial charge on any atom is -0.465 e. The Kier molecular flexibility index (Phi) is 4.30. The Morgan fingerprint density at radius 3 is 3.00 bits per heavy atom. The Morgan fingerprint density at radius 1 is 1.42 bits per heavy atom. The van der Waals surface area contributed by atoms with Gasteiger partial charge in [0.15, 0.2) is 0 Å². The summed E-state index contributed by atoms with van der Waals surface area (Å²) >= 11 is 0. The molecule has 3 N–H and O–H groups in total. The van der Waals surface area contributed by atoms with Crippen LogP contribution in [0.2, 0.25) is 0 Å². The summed E-state index contributed by atoms with van der Waals surface area (Å²) in [6, 6.07) is 9.76. The number of rotatable bonds is 5. The molecule has 0 fully saturated rings. The van der Waals surface area contributed by atoms with Crippen LogP contribution in [0.25, 0.3) is 10.9 Å². The predicted octanol–water partition coefficient (Wildman–Crippen LogP) is 1.47. The number of esters is 1. The number of nitrogen functional groups attached to an aromatic ring is 1. The van der Waals surface area contributed by atoms with Gasteiger partial charge in [0.05, 0.1) is 18.7 Å². The van der Waals surface area contributed by atoms with Crippen molar-refractivity contribution < 1.29 is 9.53 Å². The Bertz CT molecular complexity index is 584. The van der Waals surface area contributed by atoms with E-state index < -0.39 is 0 Å². The maximum atomic E-state index is 11.2. The Morgan fingerprint density at radius 2 is 2.21 bits per heavy atom. The number of ether oxygens (including phenoxy) is 1. The summed E-state index contributed by atoms with van der Waals surface area (Å²) in [5.41, 5.74) is 7.64. The first-order valence-electron chi connectivity index (χ1n) is 6.21. The van der Waals surface area contributed by atoms with E-state index >= 15 is 0 Å². The molecule has 5 nitrogen and oxygen atoms in total. The molecular formula is C14H17N3O2. The summed E-state index contributed by atoms with van der Waals surface area (Å²) in [4.78, 5) is 15.5. The molecule has 0 aliphatic rings. The zero-order chi connectivity index (χ0) is 13.7. The maximum absolute atomic E-state index is 11.2. The van der Waals surface area contributed by atoms with Gasteiger partial charge in [-0.25, -0.2) is 4.98 Å². The van der Waals surface area contributed by atoms with Gasteiger partial charge in [-0.15, -0.1) is 0 Å². The highest BCUT2D eigenvalue weighted by molar-refractivity contribution is 5.81. The number of fused-ring (bicyclic) bond motifs is 1. The van der Waals surface area contributed by atoms with Crippen LogP contribution in [0, 0.1) is 0 Å². The molecule has 0 aliphatic carbocycles. The second-order valence-corrected chi connectivity index (χ2v) is 4.13. The lowest BCUT2D eigenvalue weighted by atomic mass is 10.1. The summed E-state index contributed by atoms with van der Waals surface area (Å²) in [6.45, 7) is 2.83. The highest BCUT2D eigenvalue weighted by Gasteiger charge is 2.05. The van der Waals surface area contributed by atoms with Gasteiger partial charge >= 0.3 is 5.97 Å². The van der Waals surface area contributed by atoms with E-state index in [1.807, 2.05) is 30.3 Å². The lowest BCUT2D eigenvalue weighted by Gasteiger charge is -2.08. The van der Waals surface area contributed by atoms with Crippen molar-refractivity contribution in [2.24, 2.45) is 0 Å². The van der Waals surface area contributed by atoms with Crippen molar-refractivity contribution in [2.45, 2.75) is 13.5 Å². The zero-order valence-corrected chi connectivity index (χ0v) is 10.8. The zero-order valence-electron chi connectivity index (χ0n) is 10.8. The highest BCUT2D eigenvalue weighted by atomic mass is 16.5. The molecule has 2 aromatic rings. The largest absolute Gasteiger partial charge is 0.465 e. The molecule has 0 amide bonds. The first kappa shape index (κ1) is 13.3. The number of hydrogen-bond donors (Lipinski definition) is 2. The van der Waals surface area contributed by atoms with Crippen LogP contribution >= 0.6 is 0 Å². The van der Waals surface area contributed by atoms with E-state index in [1.165, 1.54) is 0 Å². The number of aromatic nitrogens is 1. The third-order valence-electron chi connectivity index (χ3n) is 2.73. The second kappa shape index (κ2) is 6.15. The molecule has 0 saturated heterocycles. The predicted molar refractivity (Wildman–Crippen MR) is 74.5 cm³/mol. The van der Waals surface area contributed by atoms with E-state index in [1.54, 1.807) is 6.92 Å². The molecular weight excluding hydrogens is 242 g/mol. The van der Waals surface area contributed by atoms with E-state index in [-0.39, 0.29) is 12.5 Å². The number of anilines is 1. The molecule has 0 saturated carbocycles. The highest BCUT2D eigenvalue weighted by Crippen LogP contribution is 2.17. The first-order chi connectivity index (χ1) is 9.20. The van der Waals surface area contributed by atoms with Crippen LogP contribution in [0.4, 0.5) is 5.82 Å². The van der Waals surface area contributed by atoms with E-state index in [0.29, 0.717) is 19.0 Å². The van der Waals surface area contributed by atoms with Crippen molar-refractivity contribution in [1.29, 1.82) is 0 Å². The van der Waals surface area contributed by atoms with Crippen molar-refractivity contribution in [3.63, 3.8) is 0 Å². The van der Waals surface area contributed by atoms with Gasteiger partial charge in [0.25, 0.3) is 0 Å². The number of nitrogens with zero attached hydrogens (tertiary/aromatic N) is 1. The van der Waals surface area contributed by atoms with E-state index in [0.717, 1.165) is 16.5 Å². The van der Waals surface area contributed by atoms with Crippen LogP contribution in [0.1, 0.15) is 12.5 Å². The van der Waals surface area contributed by atoms with Crippen LogP contribution in [0.3, 0.4) is 0 Å². The Balaban J connectivity index is 2.04. The molecule has 0 bridgehead atoms. The smallest absolute Gasteiger partial charge is 0.319 e. The van der Waals surface area contributed by atoms with Crippen LogP contribution in [-0.4, -0.2) is 24.1 Å². The third-order valence-corrected chi connectivity index (χ3v) is 2.73. The number of carbonyl (C=O) groups is 1. The van der Waals surface area contributed by atoms with Crippen molar-refractivity contribution in [3.8, 4) is 0 Å². The average Bonchev–Trinajstić information content (AvgIpc) is 2.39. The number of hydrogen-bond acceptors (Lipinski definition) is 5. The lowest BCUT2D eigenvalue weighted by Crippen LogP contribution is -2.24. The van der Waals surface area contributed by atoms with Gasteiger partial charge in [0.1, 0.15) is 5.82 Å². The van der Waals surface area contributed by atoms with Gasteiger partial charge in [-0.3, -0.25) is 4.79 Å². The number of nitrogens with one attached hydrogen (secondary N) is 1. The van der Waals surface area contributed by atoms with Crippen molar-refractivity contribution in [1.82, 2.24) is 10.3 Å². The summed E-state index contributed by atoms with van der Waals surface area (Å²) in [6.07, 6.45) is 0. The topological polar surface area (TPSA) is 77.2 Å². The molecule has 1 aromatic carbocycles. The van der Waals surface area contributed by atoms with Crippen LogP contribution < -0.4 is 11.1 Å². The third kappa shape index (κ3) is 3.42. The summed E-state index contributed by atoms with van der Waals surface area (Å²) in [5, 5.41) is 4.03. The molecule has 0 spiro atoms. The average molecular weight is 259 g/mol. The maximum Gasteiger partial charge on any atom is 0.319 e. The van der Waals surface area contributed by atoms with E-state index in [2.05, 4.69) is 10.3 Å². The molecule has 0 atom stereocenters. The first-order valence-corrected chi connectivity index (χ1v) is 6.21. The van der Waals surface area contributed by atoms with Crippen molar-refractivity contribution in [2.75, 3.05) is 18.9 Å². The number of pyridine rings is 1. The number of benzene rings is 1. The summed E-state index contributed by atoms with van der Waals surface area (Å²) < 4.78 is 4.83. The van der Waals surface area contributed by atoms with Crippen LogP contribution in [0.15, 0.2) is 30.3 Å². The fourth-order valence-electron chi connectivity index (χ4n) is 1.83. The van der Waals surface area contributed by atoms with E-state index in [9.17, 15) is 4.79 Å². The van der Waals surface area contributed by atoms with Gasteiger partial charge in [-0.1, -0.05) is 18.2 Å². The second-order valence-electron chi connectivity index (χ2n) is 4.13. The monoisotopic (exact) mass is 259 g/mol. The Hall–Kier alpha value is -2.14. The van der Waals surface area contributed by atoms with Gasteiger partial charge in [-0.2, -0.15) is 0 Å². The van der Waals surface area contributed by atoms with Gasteiger partial charge in [0, 0.05) is 17.5 Å². The number of para-hydroxylation sites is 1. The lowest BCUT2D eigenvalue weighted by molar-refractivity contribution is -0.142. The standard InChI is InChI=1S/C14H17N3O2/c1-2-19-13(18)9-16-8-11-7-10-5-3-4-6-12(10)17-14(11)15/h3-7,16H,2,8-9H2,1H3,(H2,15,17). The molecule has 100 valence electrons. The quantitative estimate of drug-likeness (QED) is 0.795. The molecule has 2 rings (SSSR count). The summed E-state index contributed by atoms with van der Waals surface area (Å²) in [5.74, 6) is 0.213. The molecule has 1 heterocycles. The normalized spacial score (nSPS) is 10.6. The minimum atomic E-state index is -0.269. The Labute approximate surface area is 111 Å². The van der Waals surface area contributed by atoms with Gasteiger partial charge < -0.3 is 15.8 Å². The minimum absolute atomic E-state index is 0.167. The van der Waals surface area contributed by atoms with Crippen LogP contribution in [0.5, 0.6) is 0 Å². The fraction of sp³-hybridized carbons (Fsp3) is 0.286. The molecule has 0 aliphatic heterocycles. The molecule has 5 heteroatoms. The molecule has 19 heavy (non-hydrogen) atoms. The van der Waals surface area contributed by atoms with Crippen LogP contribution in [-0.2, 0) is 16.1 Å². The number of nitrogens with two attached hydrogens (primary N) is 1. The number of carbonyl (C=O) groups excluding carboxylic acids is 1. The van der Waals surface area contributed by atoms with Gasteiger partial charge in [0.2, 0.25) is 0 Å². The molecule has 1 aromatic heterocycles. The van der Waals surface area contributed by atoms with Crippen molar-refractivity contribution in [3.05, 3.63) is 35.9 Å². The fourth-order valence-corrected chi connectivity index (χ4v) is 1.83. The molecule has 0 radical (unpaired) electrons. The van der Waals surface area contributed by atoms with E-state index in [4.69, 9.17) is 10.5 Å². The van der Waals surface area contributed by atoms with Crippen molar-refractivity contribution >= 4 is 22.7 Å². The van der Waals surface area contributed by atoms with Gasteiger partial charge in [-0.05, 0) is 19.1 Å². The summed E-state index contributed by atoms with van der Waals surface area (Å²) in [7, 11) is 0. The SMILES string of the molecule is CCOC(=O)CNCc1cc2ccccc2nc1N. The molecule has 0 unspecified atom stereocenters.